The molecule has 0 aliphatic carbocycles. The second-order valence-corrected chi connectivity index (χ2v) is 7.68. The van der Waals surface area contributed by atoms with Crippen LogP contribution in [0.25, 0.3) is 21.8 Å². The fourth-order valence-electron chi connectivity index (χ4n) is 3.75. The van der Waals surface area contributed by atoms with Gasteiger partial charge in [-0.15, -0.1) is 0 Å². The van der Waals surface area contributed by atoms with E-state index in [9.17, 15) is 4.79 Å². The second-order valence-electron chi connectivity index (χ2n) is 7.68. The number of anilines is 2. The summed E-state index contributed by atoms with van der Waals surface area (Å²) in [6.45, 7) is 2.23. The summed E-state index contributed by atoms with van der Waals surface area (Å²) >= 11 is 0. The van der Waals surface area contributed by atoms with Gasteiger partial charge in [0.15, 0.2) is 6.10 Å². The molecule has 3 heterocycles. The number of fused-ring (bicyclic) bond motifs is 2. The summed E-state index contributed by atoms with van der Waals surface area (Å²) < 4.78 is 12.6. The molecule has 9 nitrogen and oxygen atoms in total. The lowest BCUT2D eigenvalue weighted by molar-refractivity contribution is -0.147. The van der Waals surface area contributed by atoms with Gasteiger partial charge in [-0.2, -0.15) is 5.10 Å². The first kappa shape index (κ1) is 21.3. The molecule has 0 aliphatic heterocycles. The number of esters is 1. The summed E-state index contributed by atoms with van der Waals surface area (Å²) in [6.07, 6.45) is 4.32. The minimum absolute atomic E-state index is 0.462. The standard InChI is InChI=1S/C25H22N6O3/c1-16(25(32)33-2)34-22-8-5-7-20-23(22)24(28-15-27-20)30-18-9-10-21-17(12-18)13-29-31(21)14-19-6-3-4-11-26-19/h3-13,15-16H,14H2,1-2H3,(H,27,28,30)/t16-/m0/s1. The zero-order valence-electron chi connectivity index (χ0n) is 18.7. The van der Waals surface area contributed by atoms with Crippen molar-refractivity contribution in [2.75, 3.05) is 12.4 Å². The first-order chi connectivity index (χ1) is 16.6. The first-order valence-electron chi connectivity index (χ1n) is 10.7. The van der Waals surface area contributed by atoms with Crippen LogP contribution in [0.15, 0.2) is 73.3 Å². The topological polar surface area (TPSA) is 104 Å². The Hall–Kier alpha value is -4.53. The third kappa shape index (κ3) is 4.23. The van der Waals surface area contributed by atoms with E-state index in [4.69, 9.17) is 9.47 Å². The van der Waals surface area contributed by atoms with Crippen molar-refractivity contribution in [3.8, 4) is 5.75 Å². The lowest BCUT2D eigenvalue weighted by Crippen LogP contribution is -2.25. The largest absolute Gasteiger partial charge is 0.478 e. The molecule has 1 N–H and O–H groups in total. The summed E-state index contributed by atoms with van der Waals surface area (Å²) in [5.74, 6) is 0.595. The lowest BCUT2D eigenvalue weighted by atomic mass is 10.2. The Morgan fingerprint density at radius 3 is 2.82 bits per heavy atom. The summed E-state index contributed by atoms with van der Waals surface area (Å²) in [6, 6.07) is 17.3. The number of nitrogens with one attached hydrogen (secondary N) is 1. The number of ether oxygens (including phenoxy) is 2. The van der Waals surface area contributed by atoms with E-state index >= 15 is 0 Å². The van der Waals surface area contributed by atoms with Crippen molar-refractivity contribution < 1.29 is 14.3 Å². The van der Waals surface area contributed by atoms with E-state index in [1.165, 1.54) is 13.4 Å². The van der Waals surface area contributed by atoms with E-state index in [0.717, 1.165) is 22.3 Å². The van der Waals surface area contributed by atoms with Crippen molar-refractivity contribution in [3.05, 3.63) is 79.0 Å². The summed E-state index contributed by atoms with van der Waals surface area (Å²) in [4.78, 5) is 25.0. The molecule has 0 saturated carbocycles. The monoisotopic (exact) mass is 454 g/mol. The average Bonchev–Trinajstić information content (AvgIpc) is 3.26. The van der Waals surface area contributed by atoms with E-state index in [-0.39, 0.29) is 0 Å². The fraction of sp³-hybridized carbons (Fsp3) is 0.160. The molecule has 5 aromatic rings. The number of carbonyl (C=O) groups excluding carboxylic acids is 1. The minimum Gasteiger partial charge on any atom is -0.478 e. The first-order valence-corrected chi connectivity index (χ1v) is 10.7. The van der Waals surface area contributed by atoms with Gasteiger partial charge in [-0.05, 0) is 49.4 Å². The molecule has 0 saturated heterocycles. The minimum atomic E-state index is -0.773. The molecule has 0 amide bonds. The third-order valence-corrected chi connectivity index (χ3v) is 5.40. The maximum absolute atomic E-state index is 11.9. The second kappa shape index (κ2) is 9.14. The van der Waals surface area contributed by atoms with Gasteiger partial charge in [0.2, 0.25) is 0 Å². The highest BCUT2D eigenvalue weighted by molar-refractivity contribution is 5.96. The molecule has 0 radical (unpaired) electrons. The van der Waals surface area contributed by atoms with Crippen LogP contribution >= 0.6 is 0 Å². The summed E-state index contributed by atoms with van der Waals surface area (Å²) in [7, 11) is 1.33. The van der Waals surface area contributed by atoms with E-state index in [2.05, 4.69) is 25.4 Å². The molecule has 9 heteroatoms. The SMILES string of the molecule is COC(=O)[C@H](C)Oc1cccc2ncnc(Nc3ccc4c(cnn4Cc4ccccn4)c3)c12. The van der Waals surface area contributed by atoms with Gasteiger partial charge in [0, 0.05) is 17.3 Å². The zero-order chi connectivity index (χ0) is 23.5. The van der Waals surface area contributed by atoms with Crippen LogP contribution < -0.4 is 10.1 Å². The molecule has 3 aromatic heterocycles. The van der Waals surface area contributed by atoms with Crippen LogP contribution in [-0.2, 0) is 16.1 Å². The van der Waals surface area contributed by atoms with Gasteiger partial charge >= 0.3 is 5.97 Å². The number of pyridine rings is 1. The number of hydrogen-bond donors (Lipinski definition) is 1. The Balaban J connectivity index is 1.46. The van der Waals surface area contributed by atoms with E-state index in [0.29, 0.717) is 29.0 Å². The Morgan fingerprint density at radius 1 is 1.09 bits per heavy atom. The molecular formula is C25H22N6O3. The molecule has 0 bridgehead atoms. The van der Waals surface area contributed by atoms with Crippen LogP contribution in [0.1, 0.15) is 12.6 Å². The van der Waals surface area contributed by atoms with Gasteiger partial charge in [-0.3, -0.25) is 9.67 Å². The zero-order valence-corrected chi connectivity index (χ0v) is 18.7. The Labute approximate surface area is 195 Å². The van der Waals surface area contributed by atoms with Gasteiger partial charge in [-0.25, -0.2) is 14.8 Å². The molecule has 2 aromatic carbocycles. The molecule has 5 rings (SSSR count). The predicted molar refractivity (Wildman–Crippen MR) is 128 cm³/mol. The summed E-state index contributed by atoms with van der Waals surface area (Å²) in [5.41, 5.74) is 3.47. The van der Waals surface area contributed by atoms with Crippen LogP contribution in [0.2, 0.25) is 0 Å². The molecule has 0 unspecified atom stereocenters. The molecule has 170 valence electrons. The van der Waals surface area contributed by atoms with E-state index < -0.39 is 12.1 Å². The molecule has 34 heavy (non-hydrogen) atoms. The van der Waals surface area contributed by atoms with Crippen LogP contribution in [0.3, 0.4) is 0 Å². The van der Waals surface area contributed by atoms with Gasteiger partial charge < -0.3 is 14.8 Å². The maximum Gasteiger partial charge on any atom is 0.346 e. The number of benzene rings is 2. The number of methoxy groups -OCH3 is 1. The molecule has 0 fully saturated rings. The van der Waals surface area contributed by atoms with Gasteiger partial charge in [0.25, 0.3) is 0 Å². The Kier molecular flexibility index (Phi) is 5.73. The van der Waals surface area contributed by atoms with Crippen molar-refractivity contribution >= 4 is 39.3 Å². The normalized spacial score (nSPS) is 11.9. The average molecular weight is 454 g/mol. The molecular weight excluding hydrogens is 432 g/mol. The van der Waals surface area contributed by atoms with Gasteiger partial charge in [0.05, 0.1) is 42.0 Å². The number of rotatable bonds is 7. The maximum atomic E-state index is 11.9. The number of carbonyl (C=O) groups is 1. The number of aromatic nitrogens is 5. The van der Waals surface area contributed by atoms with Gasteiger partial charge in [0.1, 0.15) is 17.9 Å². The van der Waals surface area contributed by atoms with E-state index in [1.807, 2.05) is 59.4 Å². The Bertz CT molecular complexity index is 1460. The van der Waals surface area contributed by atoms with Crippen molar-refractivity contribution in [1.29, 1.82) is 0 Å². The smallest absolute Gasteiger partial charge is 0.346 e. The molecule has 1 atom stereocenters. The third-order valence-electron chi connectivity index (χ3n) is 5.40. The van der Waals surface area contributed by atoms with Crippen molar-refractivity contribution in [2.45, 2.75) is 19.6 Å². The number of hydrogen-bond acceptors (Lipinski definition) is 8. The van der Waals surface area contributed by atoms with Crippen molar-refractivity contribution in [3.63, 3.8) is 0 Å². The highest BCUT2D eigenvalue weighted by atomic mass is 16.6. The number of nitrogens with zero attached hydrogens (tertiary/aromatic N) is 5. The summed E-state index contributed by atoms with van der Waals surface area (Å²) in [5, 5.41) is 9.53. The van der Waals surface area contributed by atoms with Crippen LogP contribution in [0, 0.1) is 0 Å². The quantitative estimate of drug-likeness (QED) is 0.367. The van der Waals surface area contributed by atoms with Crippen molar-refractivity contribution in [2.24, 2.45) is 0 Å². The highest BCUT2D eigenvalue weighted by Crippen LogP contribution is 2.33. The van der Waals surface area contributed by atoms with Gasteiger partial charge in [-0.1, -0.05) is 12.1 Å². The Morgan fingerprint density at radius 2 is 2.00 bits per heavy atom. The van der Waals surface area contributed by atoms with Crippen LogP contribution in [-0.4, -0.2) is 43.9 Å². The van der Waals surface area contributed by atoms with Crippen LogP contribution in [0.5, 0.6) is 5.75 Å². The predicted octanol–water partition coefficient (Wildman–Crippen LogP) is 4.11. The van der Waals surface area contributed by atoms with E-state index in [1.54, 1.807) is 19.2 Å². The van der Waals surface area contributed by atoms with Crippen LogP contribution in [0.4, 0.5) is 11.5 Å². The van der Waals surface area contributed by atoms with Crippen molar-refractivity contribution in [1.82, 2.24) is 24.7 Å². The highest BCUT2D eigenvalue weighted by Gasteiger charge is 2.18. The lowest BCUT2D eigenvalue weighted by Gasteiger charge is -2.16. The molecule has 0 aliphatic rings. The fourth-order valence-corrected chi connectivity index (χ4v) is 3.75. The molecule has 0 spiro atoms.